The van der Waals surface area contributed by atoms with E-state index in [9.17, 15) is 4.21 Å². The monoisotopic (exact) mass is 218 g/mol. The van der Waals surface area contributed by atoms with Crippen LogP contribution in [-0.2, 0) is 10.8 Å². The molecule has 1 heterocycles. The second kappa shape index (κ2) is 5.83. The summed E-state index contributed by atoms with van der Waals surface area (Å²) in [4.78, 5) is 2.45. The summed E-state index contributed by atoms with van der Waals surface area (Å²) in [6, 6.07) is 1.30. The van der Waals surface area contributed by atoms with Crippen LogP contribution in [0.25, 0.3) is 0 Å². The molecule has 4 heteroatoms. The van der Waals surface area contributed by atoms with Crippen LogP contribution in [-0.4, -0.2) is 53.3 Å². The molecule has 84 valence electrons. The summed E-state index contributed by atoms with van der Waals surface area (Å²) in [6.45, 7) is 4.40. The van der Waals surface area contributed by atoms with E-state index in [0.29, 0.717) is 12.1 Å². The van der Waals surface area contributed by atoms with E-state index in [-0.39, 0.29) is 0 Å². The Balaban J connectivity index is 2.30. The third kappa shape index (κ3) is 3.67. The lowest BCUT2D eigenvalue weighted by molar-refractivity contribution is 0.147. The van der Waals surface area contributed by atoms with Gasteiger partial charge in [0.1, 0.15) is 0 Å². The normalized spacial score (nSPS) is 31.6. The van der Waals surface area contributed by atoms with Gasteiger partial charge >= 0.3 is 0 Å². The van der Waals surface area contributed by atoms with E-state index in [2.05, 4.69) is 17.1 Å². The third-order valence-electron chi connectivity index (χ3n) is 3.09. The Morgan fingerprint density at radius 3 is 2.79 bits per heavy atom. The maximum Gasteiger partial charge on any atom is 0.0359 e. The van der Waals surface area contributed by atoms with Crippen molar-refractivity contribution in [2.45, 2.75) is 31.8 Å². The third-order valence-corrected chi connectivity index (χ3v) is 3.85. The maximum atomic E-state index is 11.0. The fourth-order valence-electron chi connectivity index (χ4n) is 2.06. The van der Waals surface area contributed by atoms with Gasteiger partial charge in [-0.3, -0.25) is 9.11 Å². The van der Waals surface area contributed by atoms with E-state index < -0.39 is 10.8 Å². The van der Waals surface area contributed by atoms with Crippen molar-refractivity contribution in [1.29, 1.82) is 0 Å². The number of rotatable bonds is 4. The molecule has 0 bridgehead atoms. The SMILES string of the molecule is CNC1CCN(CCS(C)=O)C(C)C1. The van der Waals surface area contributed by atoms with Crippen LogP contribution in [0, 0.1) is 0 Å². The molecule has 0 aromatic carbocycles. The summed E-state index contributed by atoms with van der Waals surface area (Å²) < 4.78 is 11.0. The summed E-state index contributed by atoms with van der Waals surface area (Å²) in [5.41, 5.74) is 0. The van der Waals surface area contributed by atoms with Crippen molar-refractivity contribution >= 4 is 10.8 Å². The molecule has 0 aliphatic carbocycles. The first-order valence-electron chi connectivity index (χ1n) is 5.35. The molecule has 3 nitrogen and oxygen atoms in total. The van der Waals surface area contributed by atoms with E-state index in [0.717, 1.165) is 18.8 Å². The lowest BCUT2D eigenvalue weighted by Crippen LogP contribution is -2.47. The second-order valence-corrected chi connectivity index (χ2v) is 5.73. The molecule has 1 N–H and O–H groups in total. The number of hydrogen-bond acceptors (Lipinski definition) is 3. The molecule has 14 heavy (non-hydrogen) atoms. The minimum absolute atomic E-state index is 0.629. The molecule has 0 saturated carbocycles. The summed E-state index contributed by atoms with van der Waals surface area (Å²) in [5.74, 6) is 0.814. The molecule has 0 aromatic heterocycles. The van der Waals surface area contributed by atoms with Crippen LogP contribution in [0.15, 0.2) is 0 Å². The number of likely N-dealkylation sites (tertiary alicyclic amines) is 1. The number of nitrogens with zero attached hydrogens (tertiary/aromatic N) is 1. The lowest BCUT2D eigenvalue weighted by Gasteiger charge is -2.37. The summed E-state index contributed by atoms with van der Waals surface area (Å²) in [5, 5.41) is 3.33. The predicted molar refractivity (Wildman–Crippen MR) is 62.1 cm³/mol. The molecule has 1 aliphatic heterocycles. The lowest BCUT2D eigenvalue weighted by atomic mass is 9.99. The van der Waals surface area contributed by atoms with Gasteiger partial charge in [-0.1, -0.05) is 0 Å². The van der Waals surface area contributed by atoms with E-state index in [1.54, 1.807) is 6.26 Å². The molecule has 1 saturated heterocycles. The Hall–Kier alpha value is 0.0700. The Kier molecular flexibility index (Phi) is 5.06. The van der Waals surface area contributed by atoms with E-state index in [1.165, 1.54) is 12.8 Å². The van der Waals surface area contributed by atoms with Gasteiger partial charge in [0.15, 0.2) is 0 Å². The van der Waals surface area contributed by atoms with Crippen molar-refractivity contribution < 1.29 is 4.21 Å². The molecule has 3 atom stereocenters. The average Bonchev–Trinajstić information content (AvgIpc) is 2.15. The van der Waals surface area contributed by atoms with Crippen LogP contribution in [0.4, 0.5) is 0 Å². The van der Waals surface area contributed by atoms with Gasteiger partial charge < -0.3 is 5.32 Å². The zero-order valence-electron chi connectivity index (χ0n) is 9.45. The van der Waals surface area contributed by atoms with Crippen LogP contribution in [0.2, 0.25) is 0 Å². The Labute approximate surface area is 89.7 Å². The molecule has 0 aromatic rings. The van der Waals surface area contributed by atoms with E-state index in [4.69, 9.17) is 0 Å². The first-order chi connectivity index (χ1) is 6.63. The zero-order valence-corrected chi connectivity index (χ0v) is 10.3. The molecule has 1 aliphatic rings. The second-order valence-electron chi connectivity index (χ2n) is 4.17. The fraction of sp³-hybridized carbons (Fsp3) is 1.00. The number of piperidine rings is 1. The van der Waals surface area contributed by atoms with Gasteiger partial charge in [0.2, 0.25) is 0 Å². The Morgan fingerprint density at radius 2 is 2.29 bits per heavy atom. The molecule has 3 unspecified atom stereocenters. The topological polar surface area (TPSA) is 32.3 Å². The average molecular weight is 218 g/mol. The first-order valence-corrected chi connectivity index (χ1v) is 7.07. The first kappa shape index (κ1) is 12.1. The van der Waals surface area contributed by atoms with Crippen molar-refractivity contribution in [3.63, 3.8) is 0 Å². The highest BCUT2D eigenvalue weighted by atomic mass is 32.2. The van der Waals surface area contributed by atoms with Crippen molar-refractivity contribution in [3.05, 3.63) is 0 Å². The highest BCUT2D eigenvalue weighted by molar-refractivity contribution is 7.84. The van der Waals surface area contributed by atoms with Crippen LogP contribution in [0.1, 0.15) is 19.8 Å². The largest absolute Gasteiger partial charge is 0.317 e. The van der Waals surface area contributed by atoms with Crippen LogP contribution in [0.5, 0.6) is 0 Å². The fourth-order valence-corrected chi connectivity index (χ4v) is 2.55. The van der Waals surface area contributed by atoms with Crippen molar-refractivity contribution in [1.82, 2.24) is 10.2 Å². The summed E-state index contributed by atoms with van der Waals surface area (Å²) in [6.07, 6.45) is 4.22. The quantitative estimate of drug-likeness (QED) is 0.743. The molecular formula is C10H22N2OS. The van der Waals surface area contributed by atoms with Gasteiger partial charge in [0, 0.05) is 41.4 Å². The highest BCUT2D eigenvalue weighted by Gasteiger charge is 2.23. The standard InChI is InChI=1S/C10H22N2OS/c1-9-8-10(11-2)4-5-12(9)6-7-14(3)13/h9-11H,4-8H2,1-3H3. The van der Waals surface area contributed by atoms with Gasteiger partial charge in [-0.25, -0.2) is 0 Å². The van der Waals surface area contributed by atoms with Gasteiger partial charge in [0.05, 0.1) is 0 Å². The number of hydrogen-bond donors (Lipinski definition) is 1. The smallest absolute Gasteiger partial charge is 0.0359 e. The van der Waals surface area contributed by atoms with E-state index in [1.807, 2.05) is 7.05 Å². The maximum absolute atomic E-state index is 11.0. The minimum atomic E-state index is -0.650. The Morgan fingerprint density at radius 1 is 1.57 bits per heavy atom. The van der Waals surface area contributed by atoms with Crippen molar-refractivity contribution in [2.24, 2.45) is 0 Å². The van der Waals surface area contributed by atoms with Crippen molar-refractivity contribution in [3.8, 4) is 0 Å². The van der Waals surface area contributed by atoms with Gasteiger partial charge in [-0.15, -0.1) is 0 Å². The molecule has 0 spiro atoms. The molecule has 1 rings (SSSR count). The summed E-state index contributed by atoms with van der Waals surface area (Å²) in [7, 11) is 1.39. The van der Waals surface area contributed by atoms with Gasteiger partial charge in [0.25, 0.3) is 0 Å². The van der Waals surface area contributed by atoms with Crippen LogP contribution >= 0.6 is 0 Å². The predicted octanol–water partition coefficient (Wildman–Crippen LogP) is 0.437. The van der Waals surface area contributed by atoms with E-state index >= 15 is 0 Å². The molecule has 0 radical (unpaired) electrons. The molecule has 0 amide bonds. The molecule has 1 fully saturated rings. The molecular weight excluding hydrogens is 196 g/mol. The Bertz CT molecular complexity index is 199. The minimum Gasteiger partial charge on any atom is -0.317 e. The number of nitrogens with one attached hydrogen (secondary N) is 1. The van der Waals surface area contributed by atoms with Gasteiger partial charge in [-0.05, 0) is 33.4 Å². The van der Waals surface area contributed by atoms with Crippen LogP contribution in [0.3, 0.4) is 0 Å². The van der Waals surface area contributed by atoms with Crippen molar-refractivity contribution in [2.75, 3.05) is 32.1 Å². The zero-order chi connectivity index (χ0) is 10.6. The highest BCUT2D eigenvalue weighted by Crippen LogP contribution is 2.16. The van der Waals surface area contributed by atoms with Gasteiger partial charge in [-0.2, -0.15) is 0 Å². The summed E-state index contributed by atoms with van der Waals surface area (Å²) >= 11 is 0. The van der Waals surface area contributed by atoms with Crippen LogP contribution < -0.4 is 5.32 Å².